The molecule has 1 N–H and O–H groups in total. The minimum absolute atomic E-state index is 0.229. The lowest BCUT2D eigenvalue weighted by Gasteiger charge is -1.95. The first-order chi connectivity index (χ1) is 10.7. The fourth-order valence-electron chi connectivity index (χ4n) is 1.68. The van der Waals surface area contributed by atoms with E-state index in [1.54, 1.807) is 11.8 Å². The molecule has 2 heterocycles. The molecule has 3 aromatic rings. The molecule has 0 atom stereocenters. The van der Waals surface area contributed by atoms with Gasteiger partial charge in [0.05, 0.1) is 5.75 Å². The second kappa shape index (κ2) is 6.60. The van der Waals surface area contributed by atoms with E-state index in [2.05, 4.69) is 30.8 Å². The molecule has 0 saturated carbocycles. The number of rotatable bonds is 6. The summed E-state index contributed by atoms with van der Waals surface area (Å²) in [6, 6.07) is 3.46. The van der Waals surface area contributed by atoms with Crippen LogP contribution < -0.4 is 0 Å². The molecule has 0 saturated heterocycles. The van der Waals surface area contributed by atoms with E-state index in [9.17, 15) is 8.78 Å². The first-order valence-corrected chi connectivity index (χ1v) is 7.46. The Hall–Kier alpha value is -2.36. The summed E-state index contributed by atoms with van der Waals surface area (Å²) in [4.78, 5) is 4.15. The molecule has 2 aromatic heterocycles. The highest BCUT2D eigenvalue weighted by Gasteiger charge is 2.11. The van der Waals surface area contributed by atoms with Crippen LogP contribution in [0.4, 0.5) is 8.78 Å². The van der Waals surface area contributed by atoms with E-state index in [1.807, 2.05) is 0 Å². The maximum absolute atomic E-state index is 13.2. The number of aryl methyl sites for hydroxylation is 1. The smallest absolute Gasteiger partial charge is 0.236 e. The Bertz CT molecular complexity index is 748. The van der Waals surface area contributed by atoms with Gasteiger partial charge in [0.25, 0.3) is 0 Å². The SMILES string of the molecule is Fc1ccc(-c2noc(CSCCc3nn[nH]n3)n2)cc1F. The Morgan fingerprint density at radius 1 is 1.23 bits per heavy atom. The quantitative estimate of drug-likeness (QED) is 0.693. The van der Waals surface area contributed by atoms with Gasteiger partial charge >= 0.3 is 0 Å². The van der Waals surface area contributed by atoms with Gasteiger partial charge in [-0.1, -0.05) is 10.4 Å². The zero-order chi connectivity index (χ0) is 15.4. The molecule has 0 aliphatic carbocycles. The maximum Gasteiger partial charge on any atom is 0.236 e. The minimum atomic E-state index is -0.946. The molecule has 22 heavy (non-hydrogen) atoms. The van der Waals surface area contributed by atoms with Gasteiger partial charge in [0, 0.05) is 17.7 Å². The zero-order valence-corrected chi connectivity index (χ0v) is 12.0. The number of aromatic amines is 1. The van der Waals surface area contributed by atoms with E-state index in [-0.39, 0.29) is 5.82 Å². The van der Waals surface area contributed by atoms with Crippen molar-refractivity contribution in [2.24, 2.45) is 0 Å². The molecule has 0 amide bonds. The molecule has 1 aromatic carbocycles. The molecular formula is C12H10F2N6OS. The first-order valence-electron chi connectivity index (χ1n) is 6.30. The van der Waals surface area contributed by atoms with Crippen molar-refractivity contribution in [3.8, 4) is 11.4 Å². The van der Waals surface area contributed by atoms with Crippen LogP contribution in [0.1, 0.15) is 11.7 Å². The number of tetrazole rings is 1. The molecule has 0 radical (unpaired) electrons. The fourth-order valence-corrected chi connectivity index (χ4v) is 2.44. The van der Waals surface area contributed by atoms with Gasteiger partial charge in [-0.2, -0.15) is 22.0 Å². The number of benzene rings is 1. The average molecular weight is 324 g/mol. The molecular weight excluding hydrogens is 314 g/mol. The Balaban J connectivity index is 1.55. The molecule has 0 bridgehead atoms. The lowest BCUT2D eigenvalue weighted by molar-refractivity contribution is 0.391. The molecule has 7 nitrogen and oxygen atoms in total. The van der Waals surface area contributed by atoms with Crippen molar-refractivity contribution in [1.29, 1.82) is 0 Å². The lowest BCUT2D eigenvalue weighted by atomic mass is 10.2. The van der Waals surface area contributed by atoms with E-state index in [4.69, 9.17) is 4.52 Å². The van der Waals surface area contributed by atoms with Gasteiger partial charge in [-0.15, -0.1) is 10.2 Å². The Labute approximate surface area is 127 Å². The molecule has 114 valence electrons. The van der Waals surface area contributed by atoms with Crippen LogP contribution in [0.5, 0.6) is 0 Å². The first kappa shape index (κ1) is 14.6. The third kappa shape index (κ3) is 3.45. The molecule has 0 fully saturated rings. The number of H-pyrrole nitrogens is 1. The van der Waals surface area contributed by atoms with E-state index >= 15 is 0 Å². The van der Waals surface area contributed by atoms with Crippen molar-refractivity contribution < 1.29 is 13.3 Å². The molecule has 0 unspecified atom stereocenters. The minimum Gasteiger partial charge on any atom is -0.338 e. The molecule has 10 heteroatoms. The second-order valence-corrected chi connectivity index (χ2v) is 5.38. The van der Waals surface area contributed by atoms with E-state index in [0.29, 0.717) is 29.5 Å². The highest BCUT2D eigenvalue weighted by molar-refractivity contribution is 7.98. The van der Waals surface area contributed by atoms with Crippen molar-refractivity contribution in [1.82, 2.24) is 30.8 Å². The van der Waals surface area contributed by atoms with Crippen LogP contribution in [-0.4, -0.2) is 36.5 Å². The number of thioether (sulfide) groups is 1. The van der Waals surface area contributed by atoms with Gasteiger partial charge in [-0.25, -0.2) is 8.78 Å². The van der Waals surface area contributed by atoms with Gasteiger partial charge in [0.1, 0.15) is 0 Å². The summed E-state index contributed by atoms with van der Waals surface area (Å²) >= 11 is 1.57. The standard InChI is InChI=1S/C12H10F2N6OS/c13-8-2-1-7(5-9(8)14)12-15-11(21-18-12)6-22-4-3-10-16-19-20-17-10/h1-2,5H,3-4,6H2,(H,16,17,19,20). The van der Waals surface area contributed by atoms with E-state index in [1.165, 1.54) is 6.07 Å². The van der Waals surface area contributed by atoms with Crippen LogP contribution in [-0.2, 0) is 12.2 Å². The zero-order valence-electron chi connectivity index (χ0n) is 11.2. The predicted octanol–water partition coefficient (Wildman–Crippen LogP) is 2.00. The Morgan fingerprint density at radius 3 is 2.91 bits per heavy atom. The van der Waals surface area contributed by atoms with Crippen LogP contribution in [0, 0.1) is 11.6 Å². The van der Waals surface area contributed by atoms with Crippen molar-refractivity contribution >= 4 is 11.8 Å². The number of nitrogens with zero attached hydrogens (tertiary/aromatic N) is 5. The third-order valence-electron chi connectivity index (χ3n) is 2.73. The van der Waals surface area contributed by atoms with Crippen molar-refractivity contribution in [3.05, 3.63) is 41.5 Å². The van der Waals surface area contributed by atoms with E-state index in [0.717, 1.165) is 17.9 Å². The third-order valence-corrected chi connectivity index (χ3v) is 3.67. The summed E-state index contributed by atoms with van der Waals surface area (Å²) < 4.78 is 31.1. The van der Waals surface area contributed by atoms with Crippen LogP contribution in [0.2, 0.25) is 0 Å². The highest BCUT2D eigenvalue weighted by atomic mass is 32.2. The van der Waals surface area contributed by atoms with Gasteiger partial charge in [0.2, 0.25) is 11.7 Å². The molecule has 0 aliphatic heterocycles. The Kier molecular flexibility index (Phi) is 4.37. The maximum atomic E-state index is 13.2. The number of hydrogen-bond donors (Lipinski definition) is 1. The molecule has 0 aliphatic rings. The second-order valence-electron chi connectivity index (χ2n) is 4.27. The largest absolute Gasteiger partial charge is 0.338 e. The number of nitrogens with one attached hydrogen (secondary N) is 1. The average Bonchev–Trinajstić information content (AvgIpc) is 3.18. The summed E-state index contributed by atoms with van der Waals surface area (Å²) in [6.07, 6.45) is 0.672. The van der Waals surface area contributed by atoms with Gasteiger partial charge in [-0.05, 0) is 18.2 Å². The monoisotopic (exact) mass is 324 g/mol. The fraction of sp³-hybridized carbons (Fsp3) is 0.250. The van der Waals surface area contributed by atoms with Gasteiger partial charge in [0.15, 0.2) is 17.5 Å². The predicted molar refractivity (Wildman–Crippen MR) is 73.7 cm³/mol. The van der Waals surface area contributed by atoms with Crippen molar-refractivity contribution in [2.75, 3.05) is 5.75 Å². The van der Waals surface area contributed by atoms with Gasteiger partial charge < -0.3 is 4.52 Å². The summed E-state index contributed by atoms with van der Waals surface area (Å²) in [5.74, 6) is 0.700. The summed E-state index contributed by atoms with van der Waals surface area (Å²) in [6.45, 7) is 0. The lowest BCUT2D eigenvalue weighted by Crippen LogP contribution is -1.92. The van der Waals surface area contributed by atoms with Crippen LogP contribution in [0.25, 0.3) is 11.4 Å². The van der Waals surface area contributed by atoms with Crippen molar-refractivity contribution in [2.45, 2.75) is 12.2 Å². The Morgan fingerprint density at radius 2 is 2.14 bits per heavy atom. The molecule has 3 rings (SSSR count). The topological polar surface area (TPSA) is 93.4 Å². The molecule has 0 spiro atoms. The van der Waals surface area contributed by atoms with Crippen LogP contribution in [0.3, 0.4) is 0 Å². The van der Waals surface area contributed by atoms with E-state index < -0.39 is 11.6 Å². The van der Waals surface area contributed by atoms with Gasteiger partial charge in [-0.3, -0.25) is 0 Å². The highest BCUT2D eigenvalue weighted by Crippen LogP contribution is 2.20. The number of hydrogen-bond acceptors (Lipinski definition) is 7. The number of halogens is 2. The normalized spacial score (nSPS) is 11.0. The van der Waals surface area contributed by atoms with Crippen molar-refractivity contribution in [3.63, 3.8) is 0 Å². The van der Waals surface area contributed by atoms with Crippen LogP contribution >= 0.6 is 11.8 Å². The number of aromatic nitrogens is 6. The summed E-state index contributed by atoms with van der Waals surface area (Å²) in [7, 11) is 0. The summed E-state index contributed by atoms with van der Waals surface area (Å²) in [5, 5.41) is 17.3. The van der Waals surface area contributed by atoms with Crippen LogP contribution in [0.15, 0.2) is 22.7 Å². The summed E-state index contributed by atoms with van der Waals surface area (Å²) in [5.41, 5.74) is 0.366.